The minimum atomic E-state index is 0.614. The molecule has 0 saturated carbocycles. The number of pyridine rings is 1. The number of hydrogen-bond acceptors (Lipinski definition) is 2. The van der Waals surface area contributed by atoms with Gasteiger partial charge in [0.25, 0.3) is 0 Å². The number of nitriles is 1. The van der Waals surface area contributed by atoms with Crippen molar-refractivity contribution in [1.82, 2.24) is 23.3 Å². The fourth-order valence-corrected chi connectivity index (χ4v) is 10.8. The van der Waals surface area contributed by atoms with Crippen LogP contribution in [0, 0.1) is 11.3 Å². The Morgan fingerprint density at radius 3 is 1.20 bits per heavy atom. The maximum Gasteiger partial charge on any atom is 0.138 e. The minimum absolute atomic E-state index is 0.614. The molecule has 0 aliphatic heterocycles. The Balaban J connectivity index is 1.08. The van der Waals surface area contributed by atoms with E-state index in [2.05, 4.69) is 225 Å². The van der Waals surface area contributed by atoms with Gasteiger partial charge in [0.2, 0.25) is 0 Å². The van der Waals surface area contributed by atoms with E-state index in [1.165, 1.54) is 48.7 Å². The van der Waals surface area contributed by atoms with Gasteiger partial charge in [-0.15, -0.1) is 0 Å². The summed E-state index contributed by atoms with van der Waals surface area (Å²) in [5.74, 6) is 0.804. The molecule has 0 spiro atoms. The summed E-state index contributed by atoms with van der Waals surface area (Å²) in [6.45, 7) is 0. The van der Waals surface area contributed by atoms with Crippen molar-refractivity contribution in [1.29, 1.82) is 5.26 Å². The average Bonchev–Trinajstić information content (AvgIpc) is 4.10. The molecule has 0 radical (unpaired) electrons. The zero-order valence-electron chi connectivity index (χ0n) is 35.5. The Hall–Kier alpha value is -9.18. The van der Waals surface area contributed by atoms with Gasteiger partial charge in [0.15, 0.2) is 0 Å². The van der Waals surface area contributed by atoms with Crippen molar-refractivity contribution >= 4 is 87.2 Å². The standard InChI is InChI=1S/C60H36N6/c61-36-38-27-29-39(30-28-38)46-33-60(66-54-26-14-10-22-45(54)50-32-48-43-20-8-12-24-52(43)64(56(48)35-58(50)66)41-17-5-2-6-18-41)62-37-59(46)65-53-25-13-9-21-44(53)49-31-47-42-19-7-11-23-51(42)63(55(47)34-57(49)65)40-15-3-1-4-16-40/h1-35,37H. The van der Waals surface area contributed by atoms with Crippen LogP contribution in [0.25, 0.3) is 121 Å². The van der Waals surface area contributed by atoms with Gasteiger partial charge < -0.3 is 13.7 Å². The van der Waals surface area contributed by atoms with Crippen molar-refractivity contribution in [2.45, 2.75) is 0 Å². The highest BCUT2D eigenvalue weighted by atomic mass is 15.1. The van der Waals surface area contributed by atoms with Gasteiger partial charge in [0.05, 0.1) is 67.7 Å². The minimum Gasteiger partial charge on any atom is -0.309 e. The third-order valence-electron chi connectivity index (χ3n) is 13.6. The highest BCUT2D eigenvalue weighted by Crippen LogP contribution is 2.43. The number of hydrogen-bond donors (Lipinski definition) is 0. The Bertz CT molecular complexity index is 4330. The normalized spacial score (nSPS) is 11.9. The summed E-state index contributed by atoms with van der Waals surface area (Å²) in [7, 11) is 0. The molecule has 0 N–H and O–H groups in total. The smallest absolute Gasteiger partial charge is 0.138 e. The van der Waals surface area contributed by atoms with Crippen LogP contribution in [0.4, 0.5) is 0 Å². The van der Waals surface area contributed by atoms with Crippen molar-refractivity contribution < 1.29 is 0 Å². The zero-order valence-corrected chi connectivity index (χ0v) is 35.5. The molecule has 5 aromatic heterocycles. The number of para-hydroxylation sites is 6. The first-order valence-electron chi connectivity index (χ1n) is 22.3. The van der Waals surface area contributed by atoms with Crippen LogP contribution in [-0.4, -0.2) is 23.3 Å². The summed E-state index contributed by atoms with van der Waals surface area (Å²) in [5, 5.41) is 19.4. The maximum atomic E-state index is 9.90. The van der Waals surface area contributed by atoms with E-state index >= 15 is 0 Å². The number of aromatic nitrogens is 5. The van der Waals surface area contributed by atoms with E-state index < -0.39 is 0 Å². The summed E-state index contributed by atoms with van der Waals surface area (Å²) in [6, 6.07) is 78.0. The topological polar surface area (TPSA) is 56.4 Å². The molecular weight excluding hydrogens is 805 g/mol. The van der Waals surface area contributed by atoms with Crippen LogP contribution in [0.15, 0.2) is 219 Å². The van der Waals surface area contributed by atoms with Gasteiger partial charge in [-0.25, -0.2) is 4.98 Å². The van der Waals surface area contributed by atoms with E-state index in [4.69, 9.17) is 4.98 Å². The lowest BCUT2D eigenvalue weighted by Crippen LogP contribution is -2.03. The highest BCUT2D eigenvalue weighted by Gasteiger charge is 2.23. The molecule has 0 aliphatic carbocycles. The third kappa shape index (κ3) is 5.14. The fourth-order valence-electron chi connectivity index (χ4n) is 10.8. The number of fused-ring (bicyclic) bond motifs is 12. The quantitative estimate of drug-likeness (QED) is 0.173. The first kappa shape index (κ1) is 36.3. The maximum absolute atomic E-state index is 9.90. The molecule has 9 aromatic carbocycles. The Labute approximate surface area is 378 Å². The van der Waals surface area contributed by atoms with E-state index in [1.807, 2.05) is 18.3 Å². The lowest BCUT2D eigenvalue weighted by atomic mass is 10.0. The SMILES string of the molecule is N#Cc1ccc(-c2cc(-n3c4ccccc4c4cc5c6ccccc6n(-c6ccccc6)c5cc43)ncc2-n2c3ccccc3c3cc4c5ccccc5n(-c5ccccc5)c4cc32)cc1. The van der Waals surface area contributed by atoms with Gasteiger partial charge in [0, 0.05) is 60.0 Å². The molecule has 0 fully saturated rings. The van der Waals surface area contributed by atoms with Crippen LogP contribution in [0.5, 0.6) is 0 Å². The first-order valence-corrected chi connectivity index (χ1v) is 22.3. The summed E-state index contributed by atoms with van der Waals surface area (Å²) < 4.78 is 9.46. The summed E-state index contributed by atoms with van der Waals surface area (Å²) in [6.07, 6.45) is 2.05. The van der Waals surface area contributed by atoms with Crippen LogP contribution >= 0.6 is 0 Å². The molecule has 0 saturated heterocycles. The van der Waals surface area contributed by atoms with E-state index in [-0.39, 0.29) is 0 Å². The molecule has 14 rings (SSSR count). The molecule has 0 unspecified atom stereocenters. The van der Waals surface area contributed by atoms with Crippen LogP contribution in [0.3, 0.4) is 0 Å². The second kappa shape index (κ2) is 13.9. The number of benzene rings is 9. The van der Waals surface area contributed by atoms with Gasteiger partial charge >= 0.3 is 0 Å². The van der Waals surface area contributed by atoms with Crippen molar-refractivity contribution in [3.8, 4) is 40.1 Å². The van der Waals surface area contributed by atoms with Crippen molar-refractivity contribution in [3.63, 3.8) is 0 Å². The third-order valence-corrected chi connectivity index (χ3v) is 13.6. The van der Waals surface area contributed by atoms with Crippen LogP contribution in [0.1, 0.15) is 5.56 Å². The predicted molar refractivity (Wildman–Crippen MR) is 272 cm³/mol. The van der Waals surface area contributed by atoms with E-state index in [0.29, 0.717) is 5.56 Å². The fraction of sp³-hybridized carbons (Fsp3) is 0. The van der Waals surface area contributed by atoms with E-state index in [9.17, 15) is 5.26 Å². The molecule has 0 aliphatic rings. The van der Waals surface area contributed by atoms with E-state index in [1.54, 1.807) is 0 Å². The lowest BCUT2D eigenvalue weighted by molar-refractivity contribution is 1.06. The number of nitrogens with zero attached hydrogens (tertiary/aromatic N) is 6. The Morgan fingerprint density at radius 1 is 0.333 bits per heavy atom. The second-order valence-corrected chi connectivity index (χ2v) is 17.1. The molecule has 0 atom stereocenters. The number of rotatable bonds is 5. The molecule has 6 nitrogen and oxygen atoms in total. The van der Waals surface area contributed by atoms with Gasteiger partial charge in [-0.05, 0) is 96.6 Å². The Kier molecular flexibility index (Phi) is 7.65. The zero-order chi connectivity index (χ0) is 43.5. The molecule has 306 valence electrons. The summed E-state index contributed by atoms with van der Waals surface area (Å²) in [5.41, 5.74) is 14.7. The van der Waals surface area contributed by atoms with Crippen LogP contribution in [-0.2, 0) is 0 Å². The van der Waals surface area contributed by atoms with Gasteiger partial charge in [-0.3, -0.25) is 4.57 Å². The molecule has 0 amide bonds. The lowest BCUT2D eigenvalue weighted by Gasteiger charge is -2.17. The second-order valence-electron chi connectivity index (χ2n) is 17.1. The van der Waals surface area contributed by atoms with Gasteiger partial charge in [-0.1, -0.05) is 121 Å². The Morgan fingerprint density at radius 2 is 0.727 bits per heavy atom. The molecule has 6 heteroatoms. The van der Waals surface area contributed by atoms with Crippen molar-refractivity contribution in [2.24, 2.45) is 0 Å². The summed E-state index contributed by atoms with van der Waals surface area (Å²) in [4.78, 5) is 5.45. The van der Waals surface area contributed by atoms with Crippen LogP contribution in [0.2, 0.25) is 0 Å². The predicted octanol–water partition coefficient (Wildman–Crippen LogP) is 15.0. The largest absolute Gasteiger partial charge is 0.309 e. The van der Waals surface area contributed by atoms with E-state index in [0.717, 1.165) is 72.5 Å². The highest BCUT2D eigenvalue weighted by molar-refractivity contribution is 6.21. The molecule has 14 aromatic rings. The average molecular weight is 841 g/mol. The first-order chi connectivity index (χ1) is 32.7. The van der Waals surface area contributed by atoms with Gasteiger partial charge in [0.1, 0.15) is 5.82 Å². The van der Waals surface area contributed by atoms with Gasteiger partial charge in [-0.2, -0.15) is 5.26 Å². The molecule has 66 heavy (non-hydrogen) atoms. The van der Waals surface area contributed by atoms with Crippen LogP contribution < -0.4 is 0 Å². The van der Waals surface area contributed by atoms with Crippen molar-refractivity contribution in [3.05, 3.63) is 224 Å². The summed E-state index contributed by atoms with van der Waals surface area (Å²) >= 11 is 0. The molecule has 5 heterocycles. The molecule has 0 bridgehead atoms. The van der Waals surface area contributed by atoms with Crippen molar-refractivity contribution in [2.75, 3.05) is 0 Å². The monoisotopic (exact) mass is 840 g/mol. The molecular formula is C60H36N6.